The smallest absolute Gasteiger partial charge is 0.207 e. The van der Waals surface area contributed by atoms with E-state index in [1.54, 1.807) is 0 Å². The summed E-state index contributed by atoms with van der Waals surface area (Å²) in [6.45, 7) is 1.09. The summed E-state index contributed by atoms with van der Waals surface area (Å²) in [5, 5.41) is 0. The molecule has 1 aliphatic rings. The molecule has 0 aromatic heterocycles. The van der Waals surface area contributed by atoms with E-state index in [1.807, 2.05) is 0 Å². The van der Waals surface area contributed by atoms with Gasteiger partial charge in [0.2, 0.25) is 0 Å². The highest BCUT2D eigenvalue weighted by molar-refractivity contribution is 7.87. The number of benzene rings is 1. The molecule has 1 aromatic rings. The molecule has 4 nitrogen and oxygen atoms in total. The first-order valence-corrected chi connectivity index (χ1v) is 6.62. The molecule has 0 aliphatic carbocycles. The molecule has 0 bridgehead atoms. The van der Waals surface area contributed by atoms with Crippen molar-refractivity contribution in [3.05, 3.63) is 35.4 Å². The second kappa shape index (κ2) is 4.67. The topological polar surface area (TPSA) is 49.2 Å². The van der Waals surface area contributed by atoms with E-state index in [1.165, 1.54) is 4.31 Å². The first-order valence-electron chi connectivity index (χ1n) is 5.18. The number of halogens is 2. The Kier molecular flexibility index (Phi) is 3.41. The lowest BCUT2D eigenvalue weighted by molar-refractivity contribution is 0.544. The van der Waals surface area contributed by atoms with E-state index in [-0.39, 0.29) is 18.5 Å². The quantitative estimate of drug-likeness (QED) is 0.792. The Morgan fingerprint density at radius 1 is 1.29 bits per heavy atom. The summed E-state index contributed by atoms with van der Waals surface area (Å²) < 4.78 is 52.4. The summed E-state index contributed by atoms with van der Waals surface area (Å²) >= 11 is 0. The van der Waals surface area contributed by atoms with Crippen LogP contribution in [0.1, 0.15) is 5.56 Å². The molecule has 7 heteroatoms. The van der Waals surface area contributed by atoms with Crippen molar-refractivity contribution in [2.75, 3.05) is 19.6 Å². The van der Waals surface area contributed by atoms with Gasteiger partial charge in [-0.2, -0.15) is 12.7 Å². The first kappa shape index (κ1) is 12.4. The summed E-state index contributed by atoms with van der Waals surface area (Å²) in [4.78, 5) is 0. The van der Waals surface area contributed by atoms with Crippen LogP contribution in [0.25, 0.3) is 0 Å². The maximum absolute atomic E-state index is 13.2. The minimum Gasteiger partial charge on any atom is -0.207 e. The number of hydrogen-bond donors (Lipinski definition) is 1. The van der Waals surface area contributed by atoms with E-state index in [4.69, 9.17) is 0 Å². The molecule has 0 atom stereocenters. The van der Waals surface area contributed by atoms with Crippen molar-refractivity contribution in [3.63, 3.8) is 0 Å². The molecule has 1 heterocycles. The van der Waals surface area contributed by atoms with Crippen molar-refractivity contribution in [2.24, 2.45) is 0 Å². The minimum absolute atomic E-state index is 0.0548. The van der Waals surface area contributed by atoms with Gasteiger partial charge < -0.3 is 0 Å². The van der Waals surface area contributed by atoms with Crippen LogP contribution in [0.2, 0.25) is 0 Å². The molecule has 0 radical (unpaired) electrons. The first-order chi connectivity index (χ1) is 7.99. The Labute approximate surface area is 98.4 Å². The highest BCUT2D eigenvalue weighted by atomic mass is 32.2. The third kappa shape index (κ3) is 3.21. The molecular weight excluding hydrogens is 250 g/mol. The Morgan fingerprint density at radius 2 is 2.00 bits per heavy atom. The van der Waals surface area contributed by atoms with Gasteiger partial charge in [0.15, 0.2) is 0 Å². The molecule has 1 fully saturated rings. The van der Waals surface area contributed by atoms with Crippen molar-refractivity contribution in [2.45, 2.75) is 6.42 Å². The van der Waals surface area contributed by atoms with Crippen LogP contribution in [0.3, 0.4) is 0 Å². The van der Waals surface area contributed by atoms with Gasteiger partial charge in [0.1, 0.15) is 11.6 Å². The molecule has 2 rings (SSSR count). The summed E-state index contributed by atoms with van der Waals surface area (Å²) in [6, 6.07) is 3.13. The third-order valence-corrected chi connectivity index (χ3v) is 4.05. The van der Waals surface area contributed by atoms with E-state index < -0.39 is 21.8 Å². The standard InChI is InChI=1S/C10H12F2N2O2S/c11-9-1-2-10(12)8(7-9)3-4-13-17(15,16)14-5-6-14/h1-2,7,13H,3-6H2. The maximum atomic E-state index is 13.2. The monoisotopic (exact) mass is 262 g/mol. The average Bonchev–Trinajstić information content (AvgIpc) is 3.06. The molecule has 1 saturated heterocycles. The fourth-order valence-corrected chi connectivity index (χ4v) is 2.53. The predicted molar refractivity (Wildman–Crippen MR) is 58.6 cm³/mol. The number of hydrogen-bond acceptors (Lipinski definition) is 2. The van der Waals surface area contributed by atoms with Crippen LogP contribution in [-0.2, 0) is 16.6 Å². The Morgan fingerprint density at radius 3 is 2.65 bits per heavy atom. The zero-order valence-electron chi connectivity index (χ0n) is 8.99. The van der Waals surface area contributed by atoms with E-state index in [0.29, 0.717) is 13.1 Å². The van der Waals surface area contributed by atoms with E-state index in [2.05, 4.69) is 4.72 Å². The zero-order valence-corrected chi connectivity index (χ0v) is 9.80. The van der Waals surface area contributed by atoms with Gasteiger partial charge in [-0.3, -0.25) is 0 Å². The van der Waals surface area contributed by atoms with Crippen LogP contribution >= 0.6 is 0 Å². The molecular formula is C10H12F2N2O2S. The van der Waals surface area contributed by atoms with Gasteiger partial charge >= 0.3 is 0 Å². The second-order valence-corrected chi connectivity index (χ2v) is 5.54. The maximum Gasteiger partial charge on any atom is 0.279 e. The molecule has 0 amide bonds. The van der Waals surface area contributed by atoms with E-state index in [9.17, 15) is 17.2 Å². The van der Waals surface area contributed by atoms with Crippen LogP contribution in [0.15, 0.2) is 18.2 Å². The Hall–Kier alpha value is -1.05. The summed E-state index contributed by atoms with van der Waals surface area (Å²) in [7, 11) is -3.41. The summed E-state index contributed by atoms with van der Waals surface area (Å²) in [6.07, 6.45) is 0.122. The van der Waals surface area contributed by atoms with Crippen molar-refractivity contribution < 1.29 is 17.2 Å². The van der Waals surface area contributed by atoms with Crippen molar-refractivity contribution >= 4 is 10.2 Å². The molecule has 0 unspecified atom stereocenters. The molecule has 0 saturated carbocycles. The van der Waals surface area contributed by atoms with Crippen molar-refractivity contribution in [3.8, 4) is 0 Å². The molecule has 17 heavy (non-hydrogen) atoms. The fraction of sp³-hybridized carbons (Fsp3) is 0.400. The lowest BCUT2D eigenvalue weighted by atomic mass is 10.1. The van der Waals surface area contributed by atoms with Crippen LogP contribution in [-0.4, -0.2) is 32.4 Å². The van der Waals surface area contributed by atoms with Gasteiger partial charge in [0, 0.05) is 19.6 Å². The number of nitrogens with one attached hydrogen (secondary N) is 1. The van der Waals surface area contributed by atoms with Gasteiger partial charge in [-0.25, -0.2) is 13.5 Å². The normalized spacial score (nSPS) is 16.1. The van der Waals surface area contributed by atoms with Gasteiger partial charge in [0.05, 0.1) is 0 Å². The van der Waals surface area contributed by atoms with Crippen molar-refractivity contribution in [1.82, 2.24) is 9.03 Å². The summed E-state index contributed by atoms with van der Waals surface area (Å²) in [5.41, 5.74) is 0.165. The van der Waals surface area contributed by atoms with Gasteiger partial charge in [-0.15, -0.1) is 0 Å². The third-order valence-electron chi connectivity index (χ3n) is 2.43. The lowest BCUT2D eigenvalue weighted by Gasteiger charge is -2.07. The van der Waals surface area contributed by atoms with Crippen LogP contribution in [0, 0.1) is 11.6 Å². The predicted octanol–water partition coefficient (Wildman–Crippen LogP) is 0.657. The van der Waals surface area contributed by atoms with Gasteiger partial charge in [-0.05, 0) is 30.2 Å². The van der Waals surface area contributed by atoms with Gasteiger partial charge in [-0.1, -0.05) is 0 Å². The fourth-order valence-electron chi connectivity index (χ4n) is 1.42. The van der Waals surface area contributed by atoms with Crippen LogP contribution < -0.4 is 4.72 Å². The lowest BCUT2D eigenvalue weighted by Crippen LogP contribution is -2.31. The Bertz CT molecular complexity index is 515. The second-order valence-electron chi connectivity index (χ2n) is 3.78. The molecule has 1 aromatic carbocycles. The average molecular weight is 262 g/mol. The molecule has 1 N–H and O–H groups in total. The van der Waals surface area contributed by atoms with Crippen molar-refractivity contribution in [1.29, 1.82) is 0 Å². The number of nitrogens with zero attached hydrogens (tertiary/aromatic N) is 1. The zero-order chi connectivity index (χ0) is 12.5. The minimum atomic E-state index is -3.41. The highest BCUT2D eigenvalue weighted by Crippen LogP contribution is 2.11. The van der Waals surface area contributed by atoms with Crippen LogP contribution in [0.5, 0.6) is 0 Å². The van der Waals surface area contributed by atoms with E-state index in [0.717, 1.165) is 18.2 Å². The largest absolute Gasteiger partial charge is 0.279 e. The molecule has 94 valence electrons. The Balaban J connectivity index is 1.91. The summed E-state index contributed by atoms with van der Waals surface area (Å²) in [5.74, 6) is -1.06. The van der Waals surface area contributed by atoms with Crippen LogP contribution in [0.4, 0.5) is 8.78 Å². The number of rotatable bonds is 5. The van der Waals surface area contributed by atoms with Gasteiger partial charge in [0.25, 0.3) is 10.2 Å². The van der Waals surface area contributed by atoms with E-state index >= 15 is 0 Å². The SMILES string of the molecule is O=S(=O)(NCCc1cc(F)ccc1F)N1CC1. The molecule has 1 aliphatic heterocycles. The molecule has 0 spiro atoms. The highest BCUT2D eigenvalue weighted by Gasteiger charge is 2.30.